The average Bonchev–Trinajstić information content (AvgIpc) is 2.81. The predicted molar refractivity (Wildman–Crippen MR) is 80.4 cm³/mol. The number of hydrogen-bond donors (Lipinski definition) is 1. The SMILES string of the molecule is COc1ccc(Cl)cc1C(=O)NCC1CCC(Br)C1. The van der Waals surface area contributed by atoms with E-state index < -0.39 is 0 Å². The number of ether oxygens (including phenoxy) is 1. The normalized spacial score (nSPS) is 22.3. The highest BCUT2D eigenvalue weighted by molar-refractivity contribution is 9.09. The van der Waals surface area contributed by atoms with Crippen molar-refractivity contribution in [3.63, 3.8) is 0 Å². The molecule has 2 unspecified atom stereocenters. The van der Waals surface area contributed by atoms with Crippen LogP contribution in [0.25, 0.3) is 0 Å². The van der Waals surface area contributed by atoms with Crippen molar-refractivity contribution < 1.29 is 9.53 Å². The van der Waals surface area contributed by atoms with E-state index in [0.29, 0.717) is 33.6 Å². The molecular formula is C14H17BrClNO2. The molecule has 1 aliphatic carbocycles. The minimum absolute atomic E-state index is 0.127. The van der Waals surface area contributed by atoms with Gasteiger partial charge >= 0.3 is 0 Å². The lowest BCUT2D eigenvalue weighted by molar-refractivity contribution is 0.0944. The number of alkyl halides is 1. The van der Waals surface area contributed by atoms with Gasteiger partial charge in [0.2, 0.25) is 0 Å². The van der Waals surface area contributed by atoms with Gasteiger partial charge in [-0.15, -0.1) is 0 Å². The van der Waals surface area contributed by atoms with Crippen LogP contribution in [-0.2, 0) is 0 Å². The zero-order valence-corrected chi connectivity index (χ0v) is 13.1. The Balaban J connectivity index is 1.97. The maximum absolute atomic E-state index is 12.2. The summed E-state index contributed by atoms with van der Waals surface area (Å²) in [5.41, 5.74) is 0.489. The number of halogens is 2. The maximum Gasteiger partial charge on any atom is 0.255 e. The van der Waals surface area contributed by atoms with Crippen molar-refractivity contribution in [2.24, 2.45) is 5.92 Å². The first-order valence-electron chi connectivity index (χ1n) is 6.36. The third-order valence-corrected chi connectivity index (χ3v) is 4.50. The molecule has 2 rings (SSSR count). The van der Waals surface area contributed by atoms with Gasteiger partial charge in [-0.05, 0) is 43.4 Å². The fourth-order valence-electron chi connectivity index (χ4n) is 2.39. The molecule has 1 aliphatic rings. The van der Waals surface area contributed by atoms with Crippen molar-refractivity contribution in [2.45, 2.75) is 24.1 Å². The molecule has 19 heavy (non-hydrogen) atoms. The van der Waals surface area contributed by atoms with E-state index in [-0.39, 0.29) is 5.91 Å². The molecule has 0 aromatic heterocycles. The second kappa shape index (κ2) is 6.62. The Bertz CT molecular complexity index is 467. The highest BCUT2D eigenvalue weighted by Crippen LogP contribution is 2.30. The smallest absolute Gasteiger partial charge is 0.255 e. The molecular weight excluding hydrogens is 330 g/mol. The lowest BCUT2D eigenvalue weighted by Crippen LogP contribution is -2.28. The van der Waals surface area contributed by atoms with Gasteiger partial charge in [0.25, 0.3) is 5.91 Å². The first-order valence-corrected chi connectivity index (χ1v) is 7.65. The number of amides is 1. The van der Waals surface area contributed by atoms with Crippen LogP contribution < -0.4 is 10.1 Å². The molecule has 0 spiro atoms. The Hall–Kier alpha value is -0.740. The summed E-state index contributed by atoms with van der Waals surface area (Å²) in [6.45, 7) is 0.705. The number of benzene rings is 1. The molecule has 104 valence electrons. The Morgan fingerprint density at radius 3 is 2.95 bits per heavy atom. The van der Waals surface area contributed by atoms with Gasteiger partial charge < -0.3 is 10.1 Å². The summed E-state index contributed by atoms with van der Waals surface area (Å²) < 4.78 is 5.18. The van der Waals surface area contributed by atoms with E-state index in [9.17, 15) is 4.79 Å². The fourth-order valence-corrected chi connectivity index (χ4v) is 3.35. The van der Waals surface area contributed by atoms with Crippen LogP contribution in [0.5, 0.6) is 5.75 Å². The molecule has 1 N–H and O–H groups in total. The van der Waals surface area contributed by atoms with Crippen LogP contribution in [0.3, 0.4) is 0 Å². The van der Waals surface area contributed by atoms with Gasteiger partial charge in [-0.3, -0.25) is 4.79 Å². The molecule has 5 heteroatoms. The van der Waals surface area contributed by atoms with E-state index in [4.69, 9.17) is 16.3 Å². The van der Waals surface area contributed by atoms with Crippen molar-refractivity contribution in [2.75, 3.05) is 13.7 Å². The Labute approximate surface area is 126 Å². The Kier molecular flexibility index (Phi) is 5.11. The number of nitrogens with one attached hydrogen (secondary N) is 1. The third-order valence-electron chi connectivity index (χ3n) is 3.43. The van der Waals surface area contributed by atoms with Crippen molar-refractivity contribution in [1.29, 1.82) is 0 Å². The van der Waals surface area contributed by atoms with E-state index in [0.717, 1.165) is 12.8 Å². The van der Waals surface area contributed by atoms with Gasteiger partial charge in [-0.2, -0.15) is 0 Å². The molecule has 0 bridgehead atoms. The summed E-state index contributed by atoms with van der Waals surface area (Å²) in [7, 11) is 1.55. The lowest BCUT2D eigenvalue weighted by Gasteiger charge is -2.13. The average molecular weight is 347 g/mol. The molecule has 0 radical (unpaired) electrons. The minimum atomic E-state index is -0.127. The van der Waals surface area contributed by atoms with E-state index in [1.165, 1.54) is 6.42 Å². The van der Waals surface area contributed by atoms with Crippen molar-refractivity contribution in [1.82, 2.24) is 5.32 Å². The monoisotopic (exact) mass is 345 g/mol. The third kappa shape index (κ3) is 3.86. The summed E-state index contributed by atoms with van der Waals surface area (Å²) in [6, 6.07) is 5.06. The van der Waals surface area contributed by atoms with Crippen LogP contribution in [0.2, 0.25) is 5.02 Å². The summed E-state index contributed by atoms with van der Waals surface area (Å²) in [6.07, 6.45) is 3.46. The van der Waals surface area contributed by atoms with Crippen LogP contribution in [0.1, 0.15) is 29.6 Å². The van der Waals surface area contributed by atoms with Crippen LogP contribution in [0.15, 0.2) is 18.2 Å². The summed E-state index contributed by atoms with van der Waals surface area (Å²) in [4.78, 5) is 12.7. The molecule has 1 aromatic rings. The molecule has 2 atom stereocenters. The standard InChI is InChI=1S/C14H17BrClNO2/c1-19-13-5-4-11(16)7-12(13)14(18)17-8-9-2-3-10(15)6-9/h4-5,7,9-10H,2-3,6,8H2,1H3,(H,17,18). The summed E-state index contributed by atoms with van der Waals surface area (Å²) in [5, 5.41) is 3.50. The molecule has 1 amide bonds. The zero-order chi connectivity index (χ0) is 13.8. The number of methoxy groups -OCH3 is 1. The molecule has 0 heterocycles. The van der Waals surface area contributed by atoms with Gasteiger partial charge in [0.1, 0.15) is 5.75 Å². The predicted octanol–water partition coefficient (Wildman–Crippen LogP) is 3.64. The fraction of sp³-hybridized carbons (Fsp3) is 0.500. The van der Waals surface area contributed by atoms with Crippen molar-refractivity contribution >= 4 is 33.4 Å². The first kappa shape index (κ1) is 14.7. The van der Waals surface area contributed by atoms with E-state index in [2.05, 4.69) is 21.2 Å². The number of hydrogen-bond acceptors (Lipinski definition) is 2. The summed E-state index contributed by atoms with van der Waals surface area (Å²) >= 11 is 9.54. The van der Waals surface area contributed by atoms with Gasteiger partial charge in [0.15, 0.2) is 0 Å². The van der Waals surface area contributed by atoms with Crippen molar-refractivity contribution in [3.8, 4) is 5.75 Å². The Morgan fingerprint density at radius 2 is 2.32 bits per heavy atom. The number of rotatable bonds is 4. The van der Waals surface area contributed by atoms with Gasteiger partial charge in [0, 0.05) is 16.4 Å². The lowest BCUT2D eigenvalue weighted by atomic mass is 10.1. The number of carbonyl (C=O) groups is 1. The molecule has 3 nitrogen and oxygen atoms in total. The quantitative estimate of drug-likeness (QED) is 0.845. The molecule has 0 aliphatic heterocycles. The number of carbonyl (C=O) groups excluding carboxylic acids is 1. The van der Waals surface area contributed by atoms with E-state index in [1.807, 2.05) is 0 Å². The van der Waals surface area contributed by atoms with Crippen LogP contribution in [0.4, 0.5) is 0 Å². The second-order valence-corrected chi connectivity index (χ2v) is 6.56. The van der Waals surface area contributed by atoms with E-state index in [1.54, 1.807) is 25.3 Å². The maximum atomic E-state index is 12.2. The van der Waals surface area contributed by atoms with Crippen LogP contribution in [0, 0.1) is 5.92 Å². The first-order chi connectivity index (χ1) is 9.10. The molecule has 1 saturated carbocycles. The molecule has 0 saturated heterocycles. The highest BCUT2D eigenvalue weighted by Gasteiger charge is 2.23. The zero-order valence-electron chi connectivity index (χ0n) is 10.8. The largest absolute Gasteiger partial charge is 0.496 e. The second-order valence-electron chi connectivity index (χ2n) is 4.83. The van der Waals surface area contributed by atoms with Gasteiger partial charge in [0.05, 0.1) is 12.7 Å². The topological polar surface area (TPSA) is 38.3 Å². The van der Waals surface area contributed by atoms with Crippen LogP contribution >= 0.6 is 27.5 Å². The van der Waals surface area contributed by atoms with Crippen molar-refractivity contribution in [3.05, 3.63) is 28.8 Å². The van der Waals surface area contributed by atoms with Gasteiger partial charge in [-0.1, -0.05) is 27.5 Å². The van der Waals surface area contributed by atoms with Gasteiger partial charge in [-0.25, -0.2) is 0 Å². The molecule has 1 aromatic carbocycles. The van der Waals surface area contributed by atoms with Crippen LogP contribution in [-0.4, -0.2) is 24.4 Å². The highest BCUT2D eigenvalue weighted by atomic mass is 79.9. The summed E-state index contributed by atoms with van der Waals surface area (Å²) in [5.74, 6) is 0.975. The van der Waals surface area contributed by atoms with E-state index >= 15 is 0 Å². The molecule has 1 fully saturated rings. The Morgan fingerprint density at radius 1 is 1.53 bits per heavy atom. The minimum Gasteiger partial charge on any atom is -0.496 e.